The lowest BCUT2D eigenvalue weighted by Crippen LogP contribution is -2.18. The Hall–Kier alpha value is -1.94. The molecule has 1 atom stereocenters. The van der Waals surface area contributed by atoms with Gasteiger partial charge in [0.2, 0.25) is 0 Å². The van der Waals surface area contributed by atoms with Crippen molar-refractivity contribution in [2.24, 2.45) is 0 Å². The van der Waals surface area contributed by atoms with Crippen molar-refractivity contribution in [1.29, 1.82) is 0 Å². The average molecular weight is 269 g/mol. The SMILES string of the molecule is Cc1cccc(-c2cc(NCC3CCCO3)ncn2)c1. The average Bonchev–Trinajstić information content (AvgIpc) is 2.99. The van der Waals surface area contributed by atoms with Crippen molar-refractivity contribution >= 4 is 5.82 Å². The molecule has 4 nitrogen and oxygen atoms in total. The zero-order chi connectivity index (χ0) is 13.8. The van der Waals surface area contributed by atoms with Gasteiger partial charge < -0.3 is 10.1 Å². The van der Waals surface area contributed by atoms with Gasteiger partial charge >= 0.3 is 0 Å². The summed E-state index contributed by atoms with van der Waals surface area (Å²) in [7, 11) is 0. The fourth-order valence-electron chi connectivity index (χ4n) is 2.44. The van der Waals surface area contributed by atoms with Crippen LogP contribution in [0.5, 0.6) is 0 Å². The number of hydrogen-bond acceptors (Lipinski definition) is 4. The summed E-state index contributed by atoms with van der Waals surface area (Å²) in [6, 6.07) is 10.3. The van der Waals surface area contributed by atoms with Gasteiger partial charge in [-0.05, 0) is 25.8 Å². The minimum absolute atomic E-state index is 0.312. The highest BCUT2D eigenvalue weighted by Crippen LogP contribution is 2.20. The smallest absolute Gasteiger partial charge is 0.130 e. The zero-order valence-electron chi connectivity index (χ0n) is 11.7. The van der Waals surface area contributed by atoms with Crippen LogP contribution in [0, 0.1) is 6.92 Å². The van der Waals surface area contributed by atoms with E-state index < -0.39 is 0 Å². The first-order valence-electron chi connectivity index (χ1n) is 7.06. The number of aryl methyl sites for hydroxylation is 1. The molecule has 3 rings (SSSR count). The lowest BCUT2D eigenvalue weighted by Gasteiger charge is -2.11. The van der Waals surface area contributed by atoms with Crippen LogP contribution in [-0.4, -0.2) is 29.2 Å². The standard InChI is InChI=1S/C16H19N3O/c1-12-4-2-5-13(8-12)15-9-16(19-11-18-15)17-10-14-6-3-7-20-14/h2,4-5,8-9,11,14H,3,6-7,10H2,1H3,(H,17,18,19). The number of hydrogen-bond donors (Lipinski definition) is 1. The molecule has 0 amide bonds. The van der Waals surface area contributed by atoms with Gasteiger partial charge in [0.15, 0.2) is 0 Å². The van der Waals surface area contributed by atoms with Gasteiger partial charge in [0.05, 0.1) is 11.8 Å². The van der Waals surface area contributed by atoms with E-state index in [9.17, 15) is 0 Å². The largest absolute Gasteiger partial charge is 0.376 e. The molecular weight excluding hydrogens is 250 g/mol. The third kappa shape index (κ3) is 3.14. The van der Waals surface area contributed by atoms with Gasteiger partial charge in [-0.3, -0.25) is 0 Å². The molecular formula is C16H19N3O. The van der Waals surface area contributed by atoms with E-state index in [-0.39, 0.29) is 0 Å². The maximum Gasteiger partial charge on any atom is 0.130 e. The molecule has 104 valence electrons. The summed E-state index contributed by atoms with van der Waals surface area (Å²) in [6.45, 7) is 3.77. The molecule has 0 radical (unpaired) electrons. The van der Waals surface area contributed by atoms with Crippen LogP contribution < -0.4 is 5.32 Å². The highest BCUT2D eigenvalue weighted by molar-refractivity contribution is 5.62. The Kier molecular flexibility index (Phi) is 3.92. The van der Waals surface area contributed by atoms with Crippen LogP contribution >= 0.6 is 0 Å². The van der Waals surface area contributed by atoms with E-state index in [0.717, 1.165) is 43.1 Å². The second kappa shape index (κ2) is 6.01. The predicted molar refractivity (Wildman–Crippen MR) is 79.7 cm³/mol. The highest BCUT2D eigenvalue weighted by Gasteiger charge is 2.15. The van der Waals surface area contributed by atoms with Crippen LogP contribution in [0.3, 0.4) is 0 Å². The van der Waals surface area contributed by atoms with Crippen molar-refractivity contribution in [2.75, 3.05) is 18.5 Å². The van der Waals surface area contributed by atoms with E-state index in [1.165, 1.54) is 5.56 Å². The minimum atomic E-state index is 0.312. The summed E-state index contributed by atoms with van der Waals surface area (Å²) >= 11 is 0. The second-order valence-electron chi connectivity index (χ2n) is 5.17. The Morgan fingerprint density at radius 3 is 3.05 bits per heavy atom. The summed E-state index contributed by atoms with van der Waals surface area (Å²) < 4.78 is 5.60. The Morgan fingerprint density at radius 1 is 1.30 bits per heavy atom. The number of ether oxygens (including phenoxy) is 1. The van der Waals surface area contributed by atoms with Crippen molar-refractivity contribution < 1.29 is 4.74 Å². The van der Waals surface area contributed by atoms with Crippen LogP contribution in [0.1, 0.15) is 18.4 Å². The van der Waals surface area contributed by atoms with E-state index in [2.05, 4.69) is 40.4 Å². The predicted octanol–water partition coefficient (Wildman–Crippen LogP) is 3.04. The maximum atomic E-state index is 5.60. The van der Waals surface area contributed by atoms with Gasteiger partial charge in [0, 0.05) is 24.8 Å². The number of nitrogens with one attached hydrogen (secondary N) is 1. The molecule has 1 saturated heterocycles. The Morgan fingerprint density at radius 2 is 2.25 bits per heavy atom. The molecule has 1 unspecified atom stereocenters. The number of benzene rings is 1. The summed E-state index contributed by atoms with van der Waals surface area (Å²) in [5.41, 5.74) is 3.29. The van der Waals surface area contributed by atoms with Crippen LogP contribution in [0.2, 0.25) is 0 Å². The second-order valence-corrected chi connectivity index (χ2v) is 5.17. The number of rotatable bonds is 4. The van der Waals surface area contributed by atoms with E-state index >= 15 is 0 Å². The fourth-order valence-corrected chi connectivity index (χ4v) is 2.44. The zero-order valence-corrected chi connectivity index (χ0v) is 11.7. The van der Waals surface area contributed by atoms with Gasteiger partial charge in [-0.25, -0.2) is 9.97 Å². The first kappa shape index (κ1) is 13.1. The Labute approximate surface area is 119 Å². The molecule has 1 aromatic heterocycles. The molecule has 1 aliphatic heterocycles. The van der Waals surface area contributed by atoms with E-state index in [1.54, 1.807) is 6.33 Å². The molecule has 20 heavy (non-hydrogen) atoms. The van der Waals surface area contributed by atoms with Gasteiger partial charge in [-0.2, -0.15) is 0 Å². The lowest BCUT2D eigenvalue weighted by molar-refractivity contribution is 0.120. The third-order valence-corrected chi connectivity index (χ3v) is 3.52. The molecule has 4 heteroatoms. The normalized spacial score (nSPS) is 18.1. The molecule has 0 spiro atoms. The highest BCUT2D eigenvalue weighted by atomic mass is 16.5. The van der Waals surface area contributed by atoms with E-state index in [0.29, 0.717) is 6.10 Å². The first-order chi connectivity index (χ1) is 9.81. The first-order valence-corrected chi connectivity index (χ1v) is 7.06. The minimum Gasteiger partial charge on any atom is -0.376 e. The summed E-state index contributed by atoms with van der Waals surface area (Å²) in [4.78, 5) is 8.62. The summed E-state index contributed by atoms with van der Waals surface area (Å²) in [5.74, 6) is 0.854. The molecule has 2 aromatic rings. The lowest BCUT2D eigenvalue weighted by atomic mass is 10.1. The molecule has 1 N–H and O–H groups in total. The molecule has 0 aliphatic carbocycles. The van der Waals surface area contributed by atoms with Crippen LogP contribution in [0.4, 0.5) is 5.82 Å². The number of nitrogens with zero attached hydrogens (tertiary/aromatic N) is 2. The van der Waals surface area contributed by atoms with Crippen molar-refractivity contribution in [3.05, 3.63) is 42.2 Å². The Bertz CT molecular complexity index is 579. The van der Waals surface area contributed by atoms with Crippen LogP contribution in [0.15, 0.2) is 36.7 Å². The molecule has 1 fully saturated rings. The van der Waals surface area contributed by atoms with Crippen molar-refractivity contribution in [1.82, 2.24) is 9.97 Å². The van der Waals surface area contributed by atoms with Gasteiger partial charge in [-0.1, -0.05) is 23.8 Å². The molecule has 0 bridgehead atoms. The summed E-state index contributed by atoms with van der Waals surface area (Å²) in [6.07, 6.45) is 4.20. The van der Waals surface area contributed by atoms with Crippen molar-refractivity contribution in [3.8, 4) is 11.3 Å². The van der Waals surface area contributed by atoms with Gasteiger partial charge in [0.25, 0.3) is 0 Å². The quantitative estimate of drug-likeness (QED) is 0.926. The number of aromatic nitrogens is 2. The van der Waals surface area contributed by atoms with Crippen molar-refractivity contribution in [3.63, 3.8) is 0 Å². The van der Waals surface area contributed by atoms with Crippen LogP contribution in [-0.2, 0) is 4.74 Å². The van der Waals surface area contributed by atoms with E-state index in [1.807, 2.05) is 12.1 Å². The fraction of sp³-hybridized carbons (Fsp3) is 0.375. The van der Waals surface area contributed by atoms with Crippen LogP contribution in [0.25, 0.3) is 11.3 Å². The van der Waals surface area contributed by atoms with Gasteiger partial charge in [0.1, 0.15) is 12.1 Å². The third-order valence-electron chi connectivity index (χ3n) is 3.52. The topological polar surface area (TPSA) is 47.0 Å². The van der Waals surface area contributed by atoms with Crippen molar-refractivity contribution in [2.45, 2.75) is 25.9 Å². The molecule has 0 saturated carbocycles. The van der Waals surface area contributed by atoms with Gasteiger partial charge in [-0.15, -0.1) is 0 Å². The Balaban J connectivity index is 1.72. The maximum absolute atomic E-state index is 5.60. The molecule has 1 aliphatic rings. The molecule has 2 heterocycles. The molecule has 1 aromatic carbocycles. The van der Waals surface area contributed by atoms with E-state index in [4.69, 9.17) is 4.74 Å². The summed E-state index contributed by atoms with van der Waals surface area (Å²) in [5, 5.41) is 3.34. The monoisotopic (exact) mass is 269 g/mol. The number of anilines is 1.